The van der Waals surface area contributed by atoms with E-state index < -0.39 is 11.9 Å². The lowest BCUT2D eigenvalue weighted by Crippen LogP contribution is -2.38. The van der Waals surface area contributed by atoms with Crippen molar-refractivity contribution in [1.82, 2.24) is 9.97 Å². The number of hydrogen-bond acceptors (Lipinski definition) is 6. The molecule has 1 unspecified atom stereocenters. The van der Waals surface area contributed by atoms with Gasteiger partial charge in [-0.25, -0.2) is 4.98 Å². The highest BCUT2D eigenvalue weighted by Crippen LogP contribution is 2.24. The van der Waals surface area contributed by atoms with Gasteiger partial charge in [0.05, 0.1) is 29.8 Å². The molecular weight excluding hydrogens is 337 g/mol. The van der Waals surface area contributed by atoms with E-state index in [0.29, 0.717) is 16.9 Å². The predicted molar refractivity (Wildman–Crippen MR) is 74.1 cm³/mol. The lowest BCUT2D eigenvalue weighted by molar-refractivity contribution is -0.203. The van der Waals surface area contributed by atoms with E-state index in [9.17, 15) is 5.11 Å². The minimum Gasteiger partial charge on any atom is -0.388 e. The van der Waals surface area contributed by atoms with Crippen LogP contribution in [0.3, 0.4) is 0 Å². The number of nitrogens with zero attached hydrogens (tertiary/aromatic N) is 2. The van der Waals surface area contributed by atoms with Gasteiger partial charge in [0.25, 0.3) is 0 Å². The summed E-state index contributed by atoms with van der Waals surface area (Å²) in [5, 5.41) is 13.3. The number of nitrogens with one attached hydrogen (secondary N) is 1. The highest BCUT2D eigenvalue weighted by atomic mass is 79.9. The number of aliphatic hydroxyl groups excluding tert-OH is 1. The summed E-state index contributed by atoms with van der Waals surface area (Å²) in [6.45, 7) is 4.09. The molecule has 106 valence electrons. The first-order valence-corrected chi connectivity index (χ1v) is 6.95. The zero-order valence-corrected chi connectivity index (χ0v) is 12.9. The van der Waals surface area contributed by atoms with E-state index in [1.54, 1.807) is 20.0 Å². The molecule has 0 bridgehead atoms. The molecule has 1 saturated heterocycles. The van der Waals surface area contributed by atoms with E-state index in [1.807, 2.05) is 0 Å². The average Bonchev–Trinajstić information content (AvgIpc) is 2.47. The van der Waals surface area contributed by atoms with Crippen LogP contribution in [-0.2, 0) is 9.47 Å². The Kier molecular flexibility index (Phi) is 4.62. The molecule has 19 heavy (non-hydrogen) atoms. The molecule has 2 atom stereocenters. The Morgan fingerprint density at radius 3 is 2.89 bits per heavy atom. The van der Waals surface area contributed by atoms with E-state index in [-0.39, 0.29) is 17.9 Å². The van der Waals surface area contributed by atoms with Crippen molar-refractivity contribution in [1.29, 1.82) is 0 Å². The summed E-state index contributed by atoms with van der Waals surface area (Å²) in [4.78, 5) is 7.90. The van der Waals surface area contributed by atoms with Gasteiger partial charge < -0.3 is 19.9 Å². The number of aliphatic hydroxyl groups is 1. The Morgan fingerprint density at radius 2 is 2.16 bits per heavy atom. The zero-order valence-electron chi connectivity index (χ0n) is 10.6. The van der Waals surface area contributed by atoms with E-state index in [1.165, 1.54) is 0 Å². The minimum atomic E-state index is -0.710. The minimum absolute atomic E-state index is 0.131. The fraction of sp³-hybridized carbons (Fsp3) is 0.636. The van der Waals surface area contributed by atoms with Crippen LogP contribution in [0.5, 0.6) is 0 Å². The third-order valence-electron chi connectivity index (χ3n) is 2.71. The molecule has 1 aliphatic rings. The van der Waals surface area contributed by atoms with Gasteiger partial charge >= 0.3 is 0 Å². The summed E-state index contributed by atoms with van der Waals surface area (Å²) in [6, 6.07) is -0.343. The second-order valence-corrected chi connectivity index (χ2v) is 5.87. The highest BCUT2D eigenvalue weighted by molar-refractivity contribution is 9.10. The molecular formula is C11H15BrClN3O3. The predicted octanol–water partition coefficient (Wildman–Crippen LogP) is 1.82. The standard InChI is InChI=1S/C11H15BrClN3O3/c1-11(2)18-4-7(8(17)5-19-11)15-9-6(12)3-14-10(13)16-9/h3,7-8,17H,4-5H2,1-2H3,(H,14,15,16)/t7?,8-/m1/s1. The van der Waals surface area contributed by atoms with Gasteiger partial charge in [-0.05, 0) is 41.4 Å². The molecule has 1 fully saturated rings. The number of anilines is 1. The first-order chi connectivity index (χ1) is 8.87. The van der Waals surface area contributed by atoms with Gasteiger partial charge in [-0.1, -0.05) is 0 Å². The second-order valence-electron chi connectivity index (χ2n) is 4.68. The Hall–Kier alpha value is -0.470. The van der Waals surface area contributed by atoms with E-state index in [4.69, 9.17) is 21.1 Å². The van der Waals surface area contributed by atoms with Crippen LogP contribution in [0.25, 0.3) is 0 Å². The van der Waals surface area contributed by atoms with Crippen molar-refractivity contribution in [3.8, 4) is 0 Å². The molecule has 2 N–H and O–H groups in total. The molecule has 1 aromatic heterocycles. The molecule has 1 aliphatic heterocycles. The van der Waals surface area contributed by atoms with Gasteiger partial charge in [0.2, 0.25) is 5.28 Å². The first kappa shape index (κ1) is 14.9. The lowest BCUT2D eigenvalue weighted by atomic mass is 10.2. The van der Waals surface area contributed by atoms with Gasteiger partial charge in [-0.3, -0.25) is 0 Å². The molecule has 0 aliphatic carbocycles. The summed E-state index contributed by atoms with van der Waals surface area (Å²) in [5.41, 5.74) is 0. The third kappa shape index (κ3) is 4.00. The van der Waals surface area contributed by atoms with Gasteiger partial charge in [0.15, 0.2) is 5.79 Å². The van der Waals surface area contributed by atoms with Crippen molar-refractivity contribution in [3.63, 3.8) is 0 Å². The summed E-state index contributed by atoms with van der Waals surface area (Å²) >= 11 is 9.07. The molecule has 1 aromatic rings. The largest absolute Gasteiger partial charge is 0.388 e. The van der Waals surface area contributed by atoms with Gasteiger partial charge in [0.1, 0.15) is 5.82 Å². The van der Waals surface area contributed by atoms with Crippen molar-refractivity contribution in [2.75, 3.05) is 18.5 Å². The zero-order chi connectivity index (χ0) is 14.0. The number of halogens is 2. The van der Waals surface area contributed by atoms with Crippen LogP contribution < -0.4 is 5.32 Å². The van der Waals surface area contributed by atoms with E-state index >= 15 is 0 Å². The molecule has 2 heterocycles. The highest BCUT2D eigenvalue weighted by Gasteiger charge is 2.31. The molecule has 2 rings (SSSR count). The average molecular weight is 353 g/mol. The number of rotatable bonds is 2. The fourth-order valence-corrected chi connectivity index (χ4v) is 2.04. The number of aromatic nitrogens is 2. The first-order valence-electron chi connectivity index (χ1n) is 5.78. The van der Waals surface area contributed by atoms with Crippen molar-refractivity contribution in [2.24, 2.45) is 0 Å². The Morgan fingerprint density at radius 1 is 1.47 bits per heavy atom. The summed E-state index contributed by atoms with van der Waals surface area (Å²) in [5.74, 6) is -0.204. The smallest absolute Gasteiger partial charge is 0.224 e. The fourth-order valence-electron chi connectivity index (χ4n) is 1.61. The molecule has 0 saturated carbocycles. The van der Waals surface area contributed by atoms with Crippen molar-refractivity contribution in [2.45, 2.75) is 31.8 Å². The monoisotopic (exact) mass is 351 g/mol. The summed E-state index contributed by atoms with van der Waals surface area (Å²) in [6.07, 6.45) is 0.838. The van der Waals surface area contributed by atoms with Crippen molar-refractivity contribution in [3.05, 3.63) is 16.0 Å². The van der Waals surface area contributed by atoms with Crippen LogP contribution in [0, 0.1) is 0 Å². The number of ether oxygens (including phenoxy) is 2. The normalized spacial score (nSPS) is 26.8. The number of hydrogen-bond donors (Lipinski definition) is 2. The molecule has 0 spiro atoms. The molecule has 8 heteroatoms. The van der Waals surface area contributed by atoms with Crippen LogP contribution in [0.2, 0.25) is 5.28 Å². The van der Waals surface area contributed by atoms with Crippen molar-refractivity contribution < 1.29 is 14.6 Å². The quantitative estimate of drug-likeness (QED) is 0.791. The molecule has 0 radical (unpaired) electrons. The van der Waals surface area contributed by atoms with Crippen LogP contribution >= 0.6 is 27.5 Å². The maximum Gasteiger partial charge on any atom is 0.224 e. The Balaban J connectivity index is 2.11. The van der Waals surface area contributed by atoms with Crippen molar-refractivity contribution >= 4 is 33.3 Å². The van der Waals surface area contributed by atoms with Gasteiger partial charge in [-0.15, -0.1) is 0 Å². The maximum atomic E-state index is 10.0. The second kappa shape index (κ2) is 5.88. The van der Waals surface area contributed by atoms with Crippen LogP contribution in [0.4, 0.5) is 5.82 Å². The lowest BCUT2D eigenvalue weighted by Gasteiger charge is -2.23. The van der Waals surface area contributed by atoms with Gasteiger partial charge in [-0.2, -0.15) is 4.98 Å². The molecule has 0 aromatic carbocycles. The third-order valence-corrected chi connectivity index (χ3v) is 3.48. The maximum absolute atomic E-state index is 10.0. The SMILES string of the molecule is CC1(C)OCC(Nc2nc(Cl)ncc2Br)[C@H](O)CO1. The molecule has 0 amide bonds. The van der Waals surface area contributed by atoms with Crippen LogP contribution in [-0.4, -0.2) is 46.2 Å². The van der Waals surface area contributed by atoms with E-state index in [2.05, 4.69) is 31.2 Å². The van der Waals surface area contributed by atoms with Gasteiger partial charge in [0, 0.05) is 6.20 Å². The van der Waals surface area contributed by atoms with Crippen LogP contribution in [0.1, 0.15) is 13.8 Å². The summed E-state index contributed by atoms with van der Waals surface area (Å²) < 4.78 is 11.7. The van der Waals surface area contributed by atoms with Crippen LogP contribution in [0.15, 0.2) is 10.7 Å². The van der Waals surface area contributed by atoms with E-state index in [0.717, 1.165) is 0 Å². The topological polar surface area (TPSA) is 76.5 Å². The molecule has 6 nitrogen and oxygen atoms in total. The Bertz CT molecular complexity index is 461. The Labute approximate surface area is 124 Å². The summed E-state index contributed by atoms with van der Waals surface area (Å²) in [7, 11) is 0.